The highest BCUT2D eigenvalue weighted by atomic mass is 127. The Hall–Kier alpha value is -0.670. The first kappa shape index (κ1) is 8.91. The summed E-state index contributed by atoms with van der Waals surface area (Å²) in [5.74, 6) is -0.317. The molecule has 13 heavy (non-hydrogen) atoms. The van der Waals surface area contributed by atoms with E-state index in [4.69, 9.17) is 5.26 Å². The van der Waals surface area contributed by atoms with E-state index in [1.807, 2.05) is 40.1 Å². The van der Waals surface area contributed by atoms with Crippen LogP contribution in [0.1, 0.15) is 5.56 Å². The number of hydrogen-bond acceptors (Lipinski definition) is 2. The van der Waals surface area contributed by atoms with Crippen LogP contribution >= 0.6 is 33.9 Å². The Morgan fingerprint density at radius 1 is 1.54 bits per heavy atom. The van der Waals surface area contributed by atoms with Crippen molar-refractivity contribution in [2.45, 2.75) is 0 Å². The summed E-state index contributed by atoms with van der Waals surface area (Å²) in [6.07, 6.45) is 0. The average molecular weight is 303 g/mol. The Morgan fingerprint density at radius 3 is 3.00 bits per heavy atom. The van der Waals surface area contributed by atoms with Gasteiger partial charge in [-0.25, -0.2) is 4.39 Å². The van der Waals surface area contributed by atoms with Crippen molar-refractivity contribution in [3.63, 3.8) is 0 Å². The Morgan fingerprint density at radius 2 is 2.31 bits per heavy atom. The standard InChI is InChI=1S/C9H3FINS/c10-7-3-5-1-2-13-9(5)6(4-12)8(7)11/h1-3H. The summed E-state index contributed by atoms with van der Waals surface area (Å²) in [5.41, 5.74) is 0.450. The van der Waals surface area contributed by atoms with Gasteiger partial charge in [0, 0.05) is 0 Å². The minimum atomic E-state index is -0.317. The van der Waals surface area contributed by atoms with Crippen molar-refractivity contribution in [3.05, 3.63) is 32.5 Å². The quantitative estimate of drug-likeness (QED) is 0.683. The lowest BCUT2D eigenvalue weighted by molar-refractivity contribution is 0.622. The summed E-state index contributed by atoms with van der Waals surface area (Å²) >= 11 is 3.33. The third-order valence-corrected chi connectivity index (χ3v) is 3.75. The van der Waals surface area contributed by atoms with E-state index in [2.05, 4.69) is 0 Å². The van der Waals surface area contributed by atoms with E-state index < -0.39 is 0 Å². The maximum atomic E-state index is 13.2. The predicted octanol–water partition coefficient (Wildman–Crippen LogP) is 3.52. The number of halogens is 2. The lowest BCUT2D eigenvalue weighted by Crippen LogP contribution is -1.87. The second-order valence-corrected chi connectivity index (χ2v) is 4.49. The molecule has 1 aromatic heterocycles. The highest BCUT2D eigenvalue weighted by Gasteiger charge is 2.11. The topological polar surface area (TPSA) is 23.8 Å². The van der Waals surface area contributed by atoms with Gasteiger partial charge in [-0.15, -0.1) is 11.3 Å². The molecule has 64 valence electrons. The average Bonchev–Trinajstić information content (AvgIpc) is 2.54. The molecule has 0 aliphatic rings. The third kappa shape index (κ3) is 1.32. The summed E-state index contributed by atoms with van der Waals surface area (Å²) in [7, 11) is 0. The van der Waals surface area contributed by atoms with E-state index in [0.717, 1.165) is 10.1 Å². The molecule has 0 aliphatic carbocycles. The first-order valence-corrected chi connectivity index (χ1v) is 5.45. The second kappa shape index (κ2) is 3.24. The van der Waals surface area contributed by atoms with E-state index in [9.17, 15) is 4.39 Å². The molecule has 0 saturated heterocycles. The van der Waals surface area contributed by atoms with Gasteiger partial charge in [-0.05, 0) is 45.5 Å². The molecule has 1 heterocycles. The van der Waals surface area contributed by atoms with Crippen LogP contribution in [-0.2, 0) is 0 Å². The molecule has 0 bridgehead atoms. The fourth-order valence-electron chi connectivity index (χ4n) is 1.15. The molecule has 0 radical (unpaired) electrons. The number of rotatable bonds is 0. The molecule has 1 nitrogen and oxygen atoms in total. The van der Waals surface area contributed by atoms with Crippen molar-refractivity contribution in [2.75, 3.05) is 0 Å². The molecule has 0 N–H and O–H groups in total. The zero-order valence-corrected chi connectivity index (χ0v) is 9.32. The van der Waals surface area contributed by atoms with Crippen molar-refractivity contribution >= 4 is 44.0 Å². The van der Waals surface area contributed by atoms with Gasteiger partial charge in [-0.1, -0.05) is 0 Å². The van der Waals surface area contributed by atoms with Gasteiger partial charge < -0.3 is 0 Å². The minimum Gasteiger partial charge on any atom is -0.206 e. The molecular formula is C9H3FINS. The van der Waals surface area contributed by atoms with Gasteiger partial charge in [0.2, 0.25) is 0 Å². The van der Waals surface area contributed by atoms with E-state index in [1.165, 1.54) is 17.4 Å². The molecule has 2 aromatic rings. The number of fused-ring (bicyclic) bond motifs is 1. The van der Waals surface area contributed by atoms with Crippen molar-refractivity contribution in [1.29, 1.82) is 5.26 Å². The molecule has 0 aliphatic heterocycles. The lowest BCUT2D eigenvalue weighted by Gasteiger charge is -1.98. The van der Waals surface area contributed by atoms with Crippen LogP contribution in [0.3, 0.4) is 0 Å². The van der Waals surface area contributed by atoms with Crippen LogP contribution in [0, 0.1) is 20.7 Å². The van der Waals surface area contributed by atoms with Crippen LogP contribution in [0.25, 0.3) is 10.1 Å². The van der Waals surface area contributed by atoms with Gasteiger partial charge >= 0.3 is 0 Å². The van der Waals surface area contributed by atoms with Crippen molar-refractivity contribution in [3.8, 4) is 6.07 Å². The summed E-state index contributed by atoms with van der Waals surface area (Å²) in [5, 5.41) is 11.5. The van der Waals surface area contributed by atoms with Crippen molar-refractivity contribution in [1.82, 2.24) is 0 Å². The number of thiophene rings is 1. The highest BCUT2D eigenvalue weighted by molar-refractivity contribution is 14.1. The van der Waals surface area contributed by atoms with Crippen LogP contribution < -0.4 is 0 Å². The lowest BCUT2D eigenvalue weighted by atomic mass is 10.2. The zero-order valence-electron chi connectivity index (χ0n) is 6.34. The largest absolute Gasteiger partial charge is 0.206 e. The van der Waals surface area contributed by atoms with E-state index in [1.54, 1.807) is 0 Å². The summed E-state index contributed by atoms with van der Waals surface area (Å²) in [4.78, 5) is 0. The summed E-state index contributed by atoms with van der Waals surface area (Å²) in [6.45, 7) is 0. The molecular weight excluding hydrogens is 300 g/mol. The first-order chi connectivity index (χ1) is 6.24. The molecule has 2 rings (SSSR count). The molecule has 0 saturated carbocycles. The Bertz CT molecular complexity index is 512. The predicted molar refractivity (Wildman–Crippen MR) is 59.2 cm³/mol. The maximum absolute atomic E-state index is 13.2. The summed E-state index contributed by atoms with van der Waals surface area (Å²) < 4.78 is 14.5. The Kier molecular flexibility index (Phi) is 2.22. The van der Waals surface area contributed by atoms with Crippen molar-refractivity contribution in [2.24, 2.45) is 0 Å². The Labute approximate surface area is 91.9 Å². The summed E-state index contributed by atoms with van der Waals surface area (Å²) in [6, 6.07) is 5.31. The number of nitriles is 1. The molecule has 0 spiro atoms. The van der Waals surface area contributed by atoms with Gasteiger partial charge in [0.05, 0.1) is 13.8 Å². The fraction of sp³-hybridized carbons (Fsp3) is 0. The van der Waals surface area contributed by atoms with Crippen LogP contribution in [-0.4, -0.2) is 0 Å². The SMILES string of the molecule is N#Cc1c(I)c(F)cc2ccsc12. The highest BCUT2D eigenvalue weighted by Crippen LogP contribution is 2.29. The van der Waals surface area contributed by atoms with Gasteiger partial charge in [0.15, 0.2) is 0 Å². The number of hydrogen-bond donors (Lipinski definition) is 0. The van der Waals surface area contributed by atoms with Gasteiger partial charge in [0.1, 0.15) is 11.9 Å². The van der Waals surface area contributed by atoms with Crippen LogP contribution in [0.15, 0.2) is 17.5 Å². The molecule has 4 heteroatoms. The maximum Gasteiger partial charge on any atom is 0.138 e. The third-order valence-electron chi connectivity index (χ3n) is 1.75. The zero-order chi connectivity index (χ0) is 9.42. The van der Waals surface area contributed by atoms with E-state index in [0.29, 0.717) is 9.13 Å². The molecule has 0 amide bonds. The van der Waals surface area contributed by atoms with E-state index >= 15 is 0 Å². The van der Waals surface area contributed by atoms with Crippen LogP contribution in [0.5, 0.6) is 0 Å². The first-order valence-electron chi connectivity index (χ1n) is 3.49. The second-order valence-electron chi connectivity index (χ2n) is 2.50. The monoisotopic (exact) mass is 303 g/mol. The van der Waals surface area contributed by atoms with Gasteiger partial charge in [-0.2, -0.15) is 5.26 Å². The smallest absolute Gasteiger partial charge is 0.138 e. The fourth-order valence-corrected chi connectivity index (χ4v) is 2.76. The molecule has 0 atom stereocenters. The normalized spacial score (nSPS) is 10.2. The molecule has 0 fully saturated rings. The van der Waals surface area contributed by atoms with E-state index in [-0.39, 0.29) is 5.82 Å². The molecule has 0 unspecified atom stereocenters. The number of benzene rings is 1. The van der Waals surface area contributed by atoms with Crippen LogP contribution in [0.2, 0.25) is 0 Å². The van der Waals surface area contributed by atoms with Crippen molar-refractivity contribution < 1.29 is 4.39 Å². The molecule has 1 aromatic carbocycles. The number of nitrogens with zero attached hydrogens (tertiary/aromatic N) is 1. The minimum absolute atomic E-state index is 0.317. The van der Waals surface area contributed by atoms with Gasteiger partial charge in [0.25, 0.3) is 0 Å². The van der Waals surface area contributed by atoms with Gasteiger partial charge in [-0.3, -0.25) is 0 Å². The Balaban J connectivity index is 2.98. The van der Waals surface area contributed by atoms with Crippen LogP contribution in [0.4, 0.5) is 4.39 Å².